The molecule has 1 aliphatic rings. The number of hydrogen-bond acceptors (Lipinski definition) is 2. The number of Topliss-reactive ketones (excluding diaryl/α,β-unsaturated/α-hetero) is 1. The lowest BCUT2D eigenvalue weighted by Crippen LogP contribution is -2.13. The fraction of sp³-hybridized carbons (Fsp3) is 0.417. The molecule has 1 atom stereocenters. The molecule has 14 heavy (non-hydrogen) atoms. The van der Waals surface area contributed by atoms with Crippen molar-refractivity contribution >= 4 is 17.5 Å². The lowest BCUT2D eigenvalue weighted by atomic mass is 10.0. The lowest BCUT2D eigenvalue weighted by Gasteiger charge is -2.07. The minimum Gasteiger partial charge on any atom is -0.293 e. The molecule has 1 unspecified atom stereocenters. The van der Waals surface area contributed by atoms with Gasteiger partial charge in [-0.05, 0) is 25.5 Å². The summed E-state index contributed by atoms with van der Waals surface area (Å²) in [5.41, 5.74) is 2.08. The van der Waals surface area contributed by atoms with Gasteiger partial charge in [0, 0.05) is 5.56 Å². The zero-order valence-electron chi connectivity index (χ0n) is 8.32. The summed E-state index contributed by atoms with van der Waals surface area (Å²) in [6.07, 6.45) is 2.24. The number of rotatable bonds is 2. The Bertz CT molecular complexity index is 323. The van der Waals surface area contributed by atoms with Crippen LogP contribution >= 0.6 is 11.8 Å². The molecular weight excluding hydrogens is 192 g/mol. The first-order chi connectivity index (χ1) is 6.77. The van der Waals surface area contributed by atoms with Crippen molar-refractivity contribution in [3.05, 3.63) is 35.4 Å². The molecule has 1 aromatic carbocycles. The van der Waals surface area contributed by atoms with Gasteiger partial charge in [-0.1, -0.05) is 29.8 Å². The molecule has 1 aliphatic heterocycles. The summed E-state index contributed by atoms with van der Waals surface area (Å²) in [5.74, 6) is 1.45. The quantitative estimate of drug-likeness (QED) is 0.692. The van der Waals surface area contributed by atoms with E-state index in [9.17, 15) is 4.79 Å². The van der Waals surface area contributed by atoms with E-state index in [1.54, 1.807) is 11.8 Å². The molecule has 1 saturated heterocycles. The third-order valence-corrected chi connectivity index (χ3v) is 3.93. The monoisotopic (exact) mass is 206 g/mol. The normalized spacial score (nSPS) is 21.1. The molecule has 1 fully saturated rings. The smallest absolute Gasteiger partial charge is 0.175 e. The molecule has 74 valence electrons. The molecule has 1 nitrogen and oxygen atoms in total. The maximum Gasteiger partial charge on any atom is 0.175 e. The predicted molar refractivity (Wildman–Crippen MR) is 61.0 cm³/mol. The van der Waals surface area contributed by atoms with Crippen molar-refractivity contribution in [2.24, 2.45) is 0 Å². The fourth-order valence-corrected chi connectivity index (χ4v) is 2.93. The van der Waals surface area contributed by atoms with Crippen LogP contribution in [0.4, 0.5) is 0 Å². The first-order valence-corrected chi connectivity index (χ1v) is 6.05. The number of carbonyl (C=O) groups excluding carboxylic acids is 1. The van der Waals surface area contributed by atoms with E-state index in [0.29, 0.717) is 5.78 Å². The van der Waals surface area contributed by atoms with Crippen molar-refractivity contribution in [1.82, 2.24) is 0 Å². The molecule has 0 N–H and O–H groups in total. The van der Waals surface area contributed by atoms with Crippen LogP contribution in [0.25, 0.3) is 0 Å². The average molecular weight is 206 g/mol. The highest BCUT2D eigenvalue weighted by atomic mass is 32.2. The van der Waals surface area contributed by atoms with E-state index in [2.05, 4.69) is 0 Å². The van der Waals surface area contributed by atoms with Crippen LogP contribution < -0.4 is 0 Å². The maximum absolute atomic E-state index is 11.9. The number of thioether (sulfide) groups is 1. The van der Waals surface area contributed by atoms with Gasteiger partial charge < -0.3 is 0 Å². The first-order valence-electron chi connectivity index (χ1n) is 5.00. The van der Waals surface area contributed by atoms with Gasteiger partial charge in [-0.15, -0.1) is 0 Å². The minimum atomic E-state index is 0.220. The van der Waals surface area contributed by atoms with Crippen LogP contribution in [0, 0.1) is 6.92 Å². The van der Waals surface area contributed by atoms with Gasteiger partial charge in [0.2, 0.25) is 0 Å². The standard InChI is InChI=1S/C12H14OS/c1-9-4-6-10(7-5-9)12(13)11-3-2-8-14-11/h4-7,11H,2-3,8H2,1H3. The molecule has 2 heteroatoms. The third-order valence-electron chi connectivity index (χ3n) is 2.56. The fourth-order valence-electron chi connectivity index (χ4n) is 1.69. The van der Waals surface area contributed by atoms with Crippen LogP contribution in [0.1, 0.15) is 28.8 Å². The zero-order valence-corrected chi connectivity index (χ0v) is 9.14. The molecular formula is C12H14OS. The van der Waals surface area contributed by atoms with E-state index in [4.69, 9.17) is 0 Å². The summed E-state index contributed by atoms with van der Waals surface area (Å²) < 4.78 is 0. The summed E-state index contributed by atoms with van der Waals surface area (Å²) in [5, 5.41) is 0.220. The maximum atomic E-state index is 11.9. The summed E-state index contributed by atoms with van der Waals surface area (Å²) in [6.45, 7) is 2.04. The summed E-state index contributed by atoms with van der Waals surface area (Å²) in [7, 11) is 0. The molecule has 0 spiro atoms. The Hall–Kier alpha value is -0.760. The molecule has 0 saturated carbocycles. The average Bonchev–Trinajstić information content (AvgIpc) is 2.71. The second-order valence-corrected chi connectivity index (χ2v) is 5.04. The van der Waals surface area contributed by atoms with E-state index in [1.165, 1.54) is 12.0 Å². The molecule has 0 bridgehead atoms. The van der Waals surface area contributed by atoms with Crippen molar-refractivity contribution < 1.29 is 4.79 Å². The number of carbonyl (C=O) groups is 1. The molecule has 1 aromatic rings. The Kier molecular flexibility index (Phi) is 2.92. The van der Waals surface area contributed by atoms with Crippen LogP contribution in [0.3, 0.4) is 0 Å². The molecule has 0 aromatic heterocycles. The second-order valence-electron chi connectivity index (χ2n) is 3.73. The Labute approximate surface area is 88.9 Å². The van der Waals surface area contributed by atoms with Crippen molar-refractivity contribution in [3.63, 3.8) is 0 Å². The van der Waals surface area contributed by atoms with Crippen LogP contribution in [0.2, 0.25) is 0 Å². The molecule has 1 heterocycles. The van der Waals surface area contributed by atoms with Crippen LogP contribution in [-0.2, 0) is 0 Å². The number of benzene rings is 1. The molecule has 0 aliphatic carbocycles. The number of aryl methyl sites for hydroxylation is 1. The molecule has 2 rings (SSSR count). The van der Waals surface area contributed by atoms with Crippen molar-refractivity contribution in [3.8, 4) is 0 Å². The Balaban J connectivity index is 2.14. The first kappa shape index (κ1) is 9.78. The second kappa shape index (κ2) is 4.18. The van der Waals surface area contributed by atoms with Gasteiger partial charge in [0.05, 0.1) is 5.25 Å². The van der Waals surface area contributed by atoms with Crippen molar-refractivity contribution in [1.29, 1.82) is 0 Å². The summed E-state index contributed by atoms with van der Waals surface area (Å²) in [4.78, 5) is 11.9. The van der Waals surface area contributed by atoms with E-state index in [1.807, 2.05) is 31.2 Å². The SMILES string of the molecule is Cc1ccc(C(=O)C2CCCS2)cc1. The van der Waals surface area contributed by atoms with Crippen molar-refractivity contribution in [2.75, 3.05) is 5.75 Å². The topological polar surface area (TPSA) is 17.1 Å². The largest absolute Gasteiger partial charge is 0.293 e. The predicted octanol–water partition coefficient (Wildman–Crippen LogP) is 3.07. The van der Waals surface area contributed by atoms with Gasteiger partial charge in [0.15, 0.2) is 5.78 Å². The highest BCUT2D eigenvalue weighted by molar-refractivity contribution is 8.00. The van der Waals surface area contributed by atoms with Gasteiger partial charge in [0.1, 0.15) is 0 Å². The van der Waals surface area contributed by atoms with E-state index in [-0.39, 0.29) is 5.25 Å². The van der Waals surface area contributed by atoms with Crippen LogP contribution in [0.5, 0.6) is 0 Å². The molecule has 0 amide bonds. The highest BCUT2D eigenvalue weighted by Crippen LogP contribution is 2.28. The van der Waals surface area contributed by atoms with Crippen LogP contribution in [0.15, 0.2) is 24.3 Å². The lowest BCUT2D eigenvalue weighted by molar-refractivity contribution is 0.0988. The van der Waals surface area contributed by atoms with Crippen molar-refractivity contribution in [2.45, 2.75) is 25.0 Å². The summed E-state index contributed by atoms with van der Waals surface area (Å²) >= 11 is 1.80. The number of ketones is 1. The minimum absolute atomic E-state index is 0.220. The summed E-state index contributed by atoms with van der Waals surface area (Å²) in [6, 6.07) is 7.90. The number of hydrogen-bond donors (Lipinski definition) is 0. The highest BCUT2D eigenvalue weighted by Gasteiger charge is 2.23. The molecule has 0 radical (unpaired) electrons. The third kappa shape index (κ3) is 2.01. The Morgan fingerprint density at radius 1 is 1.36 bits per heavy atom. The van der Waals surface area contributed by atoms with E-state index < -0.39 is 0 Å². The Morgan fingerprint density at radius 2 is 2.07 bits per heavy atom. The van der Waals surface area contributed by atoms with Gasteiger partial charge in [-0.2, -0.15) is 11.8 Å². The van der Waals surface area contributed by atoms with Gasteiger partial charge in [0.25, 0.3) is 0 Å². The van der Waals surface area contributed by atoms with E-state index >= 15 is 0 Å². The Morgan fingerprint density at radius 3 is 2.64 bits per heavy atom. The van der Waals surface area contributed by atoms with Gasteiger partial charge in [-0.3, -0.25) is 4.79 Å². The zero-order chi connectivity index (χ0) is 9.97. The van der Waals surface area contributed by atoms with Gasteiger partial charge in [-0.25, -0.2) is 0 Å². The van der Waals surface area contributed by atoms with Crippen LogP contribution in [-0.4, -0.2) is 16.8 Å². The van der Waals surface area contributed by atoms with E-state index in [0.717, 1.165) is 17.7 Å². The van der Waals surface area contributed by atoms with Gasteiger partial charge >= 0.3 is 0 Å².